The van der Waals surface area contributed by atoms with Gasteiger partial charge in [-0.05, 0) is 33.3 Å². The van der Waals surface area contributed by atoms with Gasteiger partial charge in [-0.15, -0.1) is 0 Å². The first-order valence-corrected chi connectivity index (χ1v) is 6.64. The van der Waals surface area contributed by atoms with E-state index in [1.165, 1.54) is 16.8 Å². The van der Waals surface area contributed by atoms with Gasteiger partial charge in [0.15, 0.2) is 0 Å². The van der Waals surface area contributed by atoms with Crippen LogP contribution in [-0.4, -0.2) is 38.4 Å². The van der Waals surface area contributed by atoms with Crippen molar-refractivity contribution in [1.29, 1.82) is 0 Å². The van der Waals surface area contributed by atoms with E-state index in [1.54, 1.807) is 20.8 Å². The van der Waals surface area contributed by atoms with Gasteiger partial charge < -0.3 is 20.9 Å². The molecule has 9 heteroatoms. The molecule has 1 atom stereocenters. The molecular weight excluding hydrogens is 292 g/mol. The highest BCUT2D eigenvalue weighted by molar-refractivity contribution is 5.79. The maximum Gasteiger partial charge on any atom is 0.408 e. The van der Waals surface area contributed by atoms with E-state index >= 15 is 0 Å². The van der Waals surface area contributed by atoms with E-state index < -0.39 is 29.4 Å². The van der Waals surface area contributed by atoms with Gasteiger partial charge >= 0.3 is 17.8 Å². The van der Waals surface area contributed by atoms with E-state index in [9.17, 15) is 14.4 Å². The summed E-state index contributed by atoms with van der Waals surface area (Å²) in [6.07, 6.45) is 0.583. The molecule has 1 heterocycles. The van der Waals surface area contributed by atoms with E-state index in [1.807, 2.05) is 0 Å². The van der Waals surface area contributed by atoms with Crippen LogP contribution in [0.4, 0.5) is 10.6 Å². The first-order chi connectivity index (χ1) is 10.1. The van der Waals surface area contributed by atoms with Crippen molar-refractivity contribution in [2.45, 2.75) is 45.4 Å². The first-order valence-electron chi connectivity index (χ1n) is 6.64. The second-order valence-electron chi connectivity index (χ2n) is 5.65. The second-order valence-corrected chi connectivity index (χ2v) is 5.65. The van der Waals surface area contributed by atoms with Crippen LogP contribution in [0.1, 0.15) is 27.2 Å². The largest absolute Gasteiger partial charge is 0.480 e. The molecule has 0 aromatic carbocycles. The number of amides is 1. The Morgan fingerprint density at radius 1 is 1.50 bits per heavy atom. The molecule has 0 aliphatic carbocycles. The quantitative estimate of drug-likeness (QED) is 0.706. The Balaban J connectivity index is 2.67. The number of carbonyl (C=O) groups is 2. The van der Waals surface area contributed by atoms with E-state index in [-0.39, 0.29) is 18.8 Å². The number of ether oxygens (including phenoxy) is 1. The summed E-state index contributed by atoms with van der Waals surface area (Å²) in [5.41, 5.74) is 4.05. The fraction of sp³-hybridized carbons (Fsp3) is 0.538. The highest BCUT2D eigenvalue weighted by Crippen LogP contribution is 2.07. The van der Waals surface area contributed by atoms with Gasteiger partial charge in [-0.2, -0.15) is 4.98 Å². The lowest BCUT2D eigenvalue weighted by atomic mass is 10.2. The van der Waals surface area contributed by atoms with E-state index in [4.69, 9.17) is 15.6 Å². The normalized spacial score (nSPS) is 12.5. The number of alkyl carbamates (subject to hydrolysis) is 1. The van der Waals surface area contributed by atoms with Crippen LogP contribution >= 0.6 is 0 Å². The molecule has 0 saturated heterocycles. The van der Waals surface area contributed by atoms with Gasteiger partial charge in [0, 0.05) is 12.7 Å². The van der Waals surface area contributed by atoms with Crippen LogP contribution in [-0.2, 0) is 16.1 Å². The van der Waals surface area contributed by atoms with Gasteiger partial charge in [0.05, 0.1) is 0 Å². The molecule has 0 unspecified atom stereocenters. The average molecular weight is 312 g/mol. The lowest BCUT2D eigenvalue weighted by Gasteiger charge is -2.22. The molecule has 0 radical (unpaired) electrons. The van der Waals surface area contributed by atoms with Crippen LogP contribution in [0.3, 0.4) is 0 Å². The molecule has 0 bridgehead atoms. The molecule has 0 spiro atoms. The predicted octanol–water partition coefficient (Wildman–Crippen LogP) is 0.194. The average Bonchev–Trinajstić information content (AvgIpc) is 2.33. The van der Waals surface area contributed by atoms with Crippen molar-refractivity contribution >= 4 is 17.9 Å². The third-order valence-corrected chi connectivity index (χ3v) is 2.54. The predicted molar refractivity (Wildman–Crippen MR) is 78.3 cm³/mol. The zero-order valence-corrected chi connectivity index (χ0v) is 12.7. The zero-order valence-electron chi connectivity index (χ0n) is 12.7. The van der Waals surface area contributed by atoms with E-state index in [2.05, 4.69) is 10.3 Å². The van der Waals surface area contributed by atoms with Gasteiger partial charge in [-0.25, -0.2) is 14.4 Å². The Labute approximate surface area is 127 Å². The van der Waals surface area contributed by atoms with Crippen molar-refractivity contribution in [3.8, 4) is 0 Å². The summed E-state index contributed by atoms with van der Waals surface area (Å²) >= 11 is 0. The zero-order chi connectivity index (χ0) is 16.9. The topological polar surface area (TPSA) is 137 Å². The number of nitrogens with one attached hydrogen (secondary N) is 1. The van der Waals surface area contributed by atoms with Gasteiger partial charge in [0.2, 0.25) is 0 Å². The lowest BCUT2D eigenvalue weighted by molar-refractivity contribution is -0.139. The highest BCUT2D eigenvalue weighted by Gasteiger charge is 2.23. The number of carboxylic acids is 1. The number of carbonyl (C=O) groups excluding carboxylic acids is 1. The number of carboxylic acid groups (broad SMARTS) is 1. The monoisotopic (exact) mass is 312 g/mol. The molecule has 0 aliphatic heterocycles. The van der Waals surface area contributed by atoms with Gasteiger partial charge in [0.1, 0.15) is 17.5 Å². The van der Waals surface area contributed by atoms with Crippen LogP contribution in [0.2, 0.25) is 0 Å². The van der Waals surface area contributed by atoms with Gasteiger partial charge in [-0.1, -0.05) is 0 Å². The molecule has 4 N–H and O–H groups in total. The number of nitrogens with two attached hydrogens (primary N) is 1. The molecule has 9 nitrogen and oxygen atoms in total. The Hall–Kier alpha value is -2.58. The standard InChI is InChI=1S/C13H20N4O5/c1-13(2,3)22-12(21)15-8(10(18)19)4-6-17-7-5-9(14)16-11(17)20/h5,7-8H,4,6H2,1-3H3,(H,15,21)(H,18,19)(H2,14,16,20)/t8-/m0/s1. The summed E-state index contributed by atoms with van der Waals surface area (Å²) in [6, 6.07) is 0.248. The Kier molecular flexibility index (Phi) is 5.50. The maximum absolute atomic E-state index is 11.6. The molecule has 0 aliphatic rings. The minimum atomic E-state index is -1.22. The minimum absolute atomic E-state index is 0.0000803. The summed E-state index contributed by atoms with van der Waals surface area (Å²) in [6.45, 7) is 5.07. The number of hydrogen-bond acceptors (Lipinski definition) is 6. The van der Waals surface area contributed by atoms with Crippen molar-refractivity contribution in [3.63, 3.8) is 0 Å². The fourth-order valence-corrected chi connectivity index (χ4v) is 1.59. The number of nitrogen functional groups attached to an aromatic ring is 1. The maximum atomic E-state index is 11.6. The van der Waals surface area contributed by atoms with Crippen LogP contribution in [0, 0.1) is 0 Å². The first kappa shape index (κ1) is 17.5. The number of aryl methyl sites for hydroxylation is 1. The van der Waals surface area contributed by atoms with Crippen molar-refractivity contribution in [3.05, 3.63) is 22.7 Å². The van der Waals surface area contributed by atoms with Crippen LogP contribution < -0.4 is 16.7 Å². The smallest absolute Gasteiger partial charge is 0.408 e. The minimum Gasteiger partial charge on any atom is -0.480 e. The Morgan fingerprint density at radius 3 is 2.64 bits per heavy atom. The van der Waals surface area contributed by atoms with Crippen molar-refractivity contribution < 1.29 is 19.4 Å². The van der Waals surface area contributed by atoms with Gasteiger partial charge in [0.25, 0.3) is 0 Å². The Bertz CT molecular complexity index is 605. The van der Waals surface area contributed by atoms with Crippen molar-refractivity contribution in [2.75, 3.05) is 5.73 Å². The van der Waals surface area contributed by atoms with Gasteiger partial charge in [-0.3, -0.25) is 4.57 Å². The number of rotatable bonds is 5. The summed E-state index contributed by atoms with van der Waals surface area (Å²) in [5, 5.41) is 11.4. The Morgan fingerprint density at radius 2 is 2.14 bits per heavy atom. The third kappa shape index (κ3) is 5.81. The van der Waals surface area contributed by atoms with Crippen LogP contribution in [0.15, 0.2) is 17.1 Å². The van der Waals surface area contributed by atoms with E-state index in [0.29, 0.717) is 0 Å². The summed E-state index contributed by atoms with van der Waals surface area (Å²) in [4.78, 5) is 37.8. The molecule has 1 amide bonds. The molecule has 122 valence electrons. The summed E-state index contributed by atoms with van der Waals surface area (Å²) < 4.78 is 6.21. The summed E-state index contributed by atoms with van der Waals surface area (Å²) in [7, 11) is 0. The summed E-state index contributed by atoms with van der Waals surface area (Å²) in [5.74, 6) is -1.13. The van der Waals surface area contributed by atoms with Crippen LogP contribution in [0.25, 0.3) is 0 Å². The van der Waals surface area contributed by atoms with E-state index in [0.717, 1.165) is 0 Å². The number of nitrogens with zero attached hydrogens (tertiary/aromatic N) is 2. The molecule has 22 heavy (non-hydrogen) atoms. The molecule has 1 aromatic heterocycles. The van der Waals surface area contributed by atoms with Crippen LogP contribution in [0.5, 0.6) is 0 Å². The molecule has 0 fully saturated rings. The van der Waals surface area contributed by atoms with Crippen molar-refractivity contribution in [1.82, 2.24) is 14.9 Å². The number of aliphatic carboxylic acids is 1. The second kappa shape index (κ2) is 6.92. The number of hydrogen-bond donors (Lipinski definition) is 3. The SMILES string of the molecule is CC(C)(C)OC(=O)N[C@@H](CCn1ccc(N)nc1=O)C(=O)O. The molecule has 1 rings (SSSR count). The van der Waals surface area contributed by atoms with Crippen molar-refractivity contribution in [2.24, 2.45) is 0 Å². The highest BCUT2D eigenvalue weighted by atomic mass is 16.6. The third-order valence-electron chi connectivity index (χ3n) is 2.54. The number of anilines is 1. The lowest BCUT2D eigenvalue weighted by Crippen LogP contribution is -2.44. The number of aromatic nitrogens is 2. The molecule has 1 aromatic rings. The molecule has 0 saturated carbocycles. The fourth-order valence-electron chi connectivity index (χ4n) is 1.59. The molecular formula is C13H20N4O5.